The summed E-state index contributed by atoms with van der Waals surface area (Å²) in [5.41, 5.74) is 0.588. The van der Waals surface area contributed by atoms with E-state index in [0.717, 1.165) is 8.95 Å². The van der Waals surface area contributed by atoms with E-state index in [2.05, 4.69) is 47.8 Å². The van der Waals surface area contributed by atoms with E-state index in [1.165, 1.54) is 0 Å². The molecule has 0 amide bonds. The highest BCUT2D eigenvalue weighted by Gasteiger charge is 2.11. The summed E-state index contributed by atoms with van der Waals surface area (Å²) in [5.74, 6) is 0.00118. The third kappa shape index (κ3) is 2.78. The van der Waals surface area contributed by atoms with E-state index in [1.54, 1.807) is 12.1 Å². The van der Waals surface area contributed by atoms with Gasteiger partial charge in [-0.05, 0) is 28.1 Å². The van der Waals surface area contributed by atoms with Crippen LogP contribution in [0, 0.1) is 0 Å². The van der Waals surface area contributed by atoms with E-state index < -0.39 is 0 Å². The molecular weight excluding hydrogens is 387 g/mol. The molecule has 1 nitrogen and oxygen atoms in total. The van der Waals surface area contributed by atoms with Crippen LogP contribution in [0.25, 0.3) is 0 Å². The average molecular weight is 391 g/mol. The van der Waals surface area contributed by atoms with Crippen molar-refractivity contribution in [3.05, 3.63) is 31.7 Å². The van der Waals surface area contributed by atoms with Crippen molar-refractivity contribution >= 4 is 65.2 Å². The first-order chi connectivity index (χ1) is 6.06. The quantitative estimate of drug-likeness (QED) is 0.414. The molecule has 0 radical (unpaired) electrons. The van der Waals surface area contributed by atoms with Crippen LogP contribution in [0.1, 0.15) is 10.4 Å². The van der Waals surface area contributed by atoms with E-state index >= 15 is 0 Å². The van der Waals surface area contributed by atoms with E-state index in [0.29, 0.717) is 15.9 Å². The number of carbonyl (C=O) groups excluding carboxylic acids is 1. The molecule has 0 atom stereocenters. The van der Waals surface area contributed by atoms with Crippen molar-refractivity contribution in [2.75, 3.05) is 5.33 Å². The zero-order chi connectivity index (χ0) is 10.0. The summed E-state index contributed by atoms with van der Waals surface area (Å²) >= 11 is 15.5. The van der Waals surface area contributed by atoms with E-state index in [4.69, 9.17) is 11.6 Å². The van der Waals surface area contributed by atoms with Gasteiger partial charge in [0, 0.05) is 14.5 Å². The number of alkyl halides is 1. The minimum atomic E-state index is 0.00118. The number of Topliss-reactive ketones (excluding diaryl/α,β-unsaturated/α-hetero) is 1. The zero-order valence-corrected chi connectivity index (χ0v) is 11.8. The Kier molecular flexibility index (Phi) is 4.42. The Hall–Kier alpha value is 0.620. The standard InChI is InChI=1S/C8H4Br3ClO/c9-3-8(13)4-1-7(12)6(11)2-5(4)10/h1-2H,3H2. The number of halogens is 4. The lowest BCUT2D eigenvalue weighted by Crippen LogP contribution is -2.01. The highest BCUT2D eigenvalue weighted by molar-refractivity contribution is 9.11. The molecule has 70 valence electrons. The third-order valence-electron chi connectivity index (χ3n) is 1.43. The number of rotatable bonds is 2. The van der Waals surface area contributed by atoms with E-state index in [9.17, 15) is 4.79 Å². The second kappa shape index (κ2) is 4.91. The Morgan fingerprint density at radius 1 is 1.31 bits per heavy atom. The first-order valence-corrected chi connectivity index (χ1v) is 6.38. The smallest absolute Gasteiger partial charge is 0.174 e. The fourth-order valence-electron chi connectivity index (χ4n) is 0.808. The SMILES string of the molecule is O=C(CBr)c1cc(Cl)c(Br)cc1Br. The molecule has 0 unspecified atom stereocenters. The maximum atomic E-state index is 11.3. The van der Waals surface area contributed by atoms with Crippen molar-refractivity contribution in [2.45, 2.75) is 0 Å². The van der Waals surface area contributed by atoms with Gasteiger partial charge in [-0.1, -0.05) is 43.5 Å². The van der Waals surface area contributed by atoms with Gasteiger partial charge in [0.2, 0.25) is 0 Å². The summed E-state index contributed by atoms with van der Waals surface area (Å²) in [6.45, 7) is 0. The molecule has 0 spiro atoms. The summed E-state index contributed by atoms with van der Waals surface area (Å²) in [7, 11) is 0. The third-order valence-corrected chi connectivity index (χ3v) is 3.79. The minimum absolute atomic E-state index is 0.00118. The molecule has 1 aromatic rings. The first kappa shape index (κ1) is 11.7. The fraction of sp³-hybridized carbons (Fsp3) is 0.125. The lowest BCUT2D eigenvalue weighted by molar-refractivity contribution is 0.102. The van der Waals surface area contributed by atoms with Gasteiger partial charge in [0.05, 0.1) is 10.4 Å². The molecule has 0 fully saturated rings. The number of hydrogen-bond donors (Lipinski definition) is 0. The van der Waals surface area contributed by atoms with Gasteiger partial charge < -0.3 is 0 Å². The summed E-state index contributed by atoms with van der Waals surface area (Å²) in [6, 6.07) is 3.40. The number of benzene rings is 1. The largest absolute Gasteiger partial charge is 0.293 e. The molecule has 5 heteroatoms. The Balaban J connectivity index is 3.23. The van der Waals surface area contributed by atoms with Gasteiger partial charge in [-0.3, -0.25) is 4.79 Å². The highest BCUT2D eigenvalue weighted by Crippen LogP contribution is 2.29. The van der Waals surface area contributed by atoms with Crippen molar-refractivity contribution < 1.29 is 4.79 Å². The van der Waals surface area contributed by atoms with Crippen molar-refractivity contribution in [1.29, 1.82) is 0 Å². The van der Waals surface area contributed by atoms with Crippen LogP contribution in [0.3, 0.4) is 0 Å². The number of hydrogen-bond acceptors (Lipinski definition) is 1. The van der Waals surface area contributed by atoms with E-state index in [-0.39, 0.29) is 5.78 Å². The molecule has 0 aliphatic carbocycles. The Morgan fingerprint density at radius 3 is 2.46 bits per heavy atom. The van der Waals surface area contributed by atoms with Crippen LogP contribution in [-0.2, 0) is 0 Å². The number of ketones is 1. The Morgan fingerprint density at radius 2 is 1.92 bits per heavy atom. The van der Waals surface area contributed by atoms with Crippen LogP contribution in [0.4, 0.5) is 0 Å². The normalized spacial score (nSPS) is 10.2. The second-order valence-corrected chi connectivity index (χ2v) is 4.98. The highest BCUT2D eigenvalue weighted by atomic mass is 79.9. The molecule has 1 aromatic carbocycles. The summed E-state index contributed by atoms with van der Waals surface area (Å²) in [6.07, 6.45) is 0. The van der Waals surface area contributed by atoms with Gasteiger partial charge in [-0.15, -0.1) is 0 Å². The fourth-order valence-corrected chi connectivity index (χ4v) is 2.49. The molecule has 0 heterocycles. The molecule has 0 aliphatic rings. The van der Waals surface area contributed by atoms with Crippen molar-refractivity contribution in [2.24, 2.45) is 0 Å². The molecule has 0 aliphatic heterocycles. The Labute approximate surface area is 106 Å². The molecule has 1 rings (SSSR count). The molecule has 13 heavy (non-hydrogen) atoms. The molecule has 0 saturated carbocycles. The van der Waals surface area contributed by atoms with Crippen molar-refractivity contribution in [3.8, 4) is 0 Å². The molecular formula is C8H4Br3ClO. The van der Waals surface area contributed by atoms with Crippen LogP contribution in [-0.4, -0.2) is 11.1 Å². The van der Waals surface area contributed by atoms with Gasteiger partial charge in [-0.2, -0.15) is 0 Å². The van der Waals surface area contributed by atoms with Gasteiger partial charge in [0.15, 0.2) is 5.78 Å². The van der Waals surface area contributed by atoms with Gasteiger partial charge in [-0.25, -0.2) is 0 Å². The van der Waals surface area contributed by atoms with Crippen LogP contribution >= 0.6 is 59.4 Å². The van der Waals surface area contributed by atoms with Crippen LogP contribution < -0.4 is 0 Å². The zero-order valence-electron chi connectivity index (χ0n) is 6.28. The molecule has 0 saturated heterocycles. The molecule has 0 aromatic heterocycles. The molecule has 0 bridgehead atoms. The van der Waals surface area contributed by atoms with Crippen LogP contribution in [0.5, 0.6) is 0 Å². The van der Waals surface area contributed by atoms with Gasteiger partial charge >= 0.3 is 0 Å². The predicted octanol–water partition coefficient (Wildman–Crippen LogP) is 4.44. The number of carbonyl (C=O) groups is 1. The monoisotopic (exact) mass is 388 g/mol. The predicted molar refractivity (Wildman–Crippen MR) is 65.0 cm³/mol. The van der Waals surface area contributed by atoms with Gasteiger partial charge in [0.1, 0.15) is 0 Å². The first-order valence-electron chi connectivity index (χ1n) is 3.30. The summed E-state index contributed by atoms with van der Waals surface area (Å²) in [5, 5.41) is 0.830. The van der Waals surface area contributed by atoms with Crippen LogP contribution in [0.15, 0.2) is 21.1 Å². The average Bonchev–Trinajstić information content (AvgIpc) is 2.10. The van der Waals surface area contributed by atoms with Crippen LogP contribution in [0.2, 0.25) is 5.02 Å². The topological polar surface area (TPSA) is 17.1 Å². The van der Waals surface area contributed by atoms with Crippen molar-refractivity contribution in [3.63, 3.8) is 0 Å². The summed E-state index contributed by atoms with van der Waals surface area (Å²) in [4.78, 5) is 11.3. The lowest BCUT2D eigenvalue weighted by atomic mass is 10.1. The van der Waals surface area contributed by atoms with E-state index in [1.807, 2.05) is 0 Å². The van der Waals surface area contributed by atoms with Gasteiger partial charge in [0.25, 0.3) is 0 Å². The maximum absolute atomic E-state index is 11.3. The second-order valence-electron chi connectivity index (χ2n) is 2.30. The lowest BCUT2D eigenvalue weighted by Gasteiger charge is -2.03. The van der Waals surface area contributed by atoms with Crippen molar-refractivity contribution in [1.82, 2.24) is 0 Å². The Bertz CT molecular complexity index is 351. The summed E-state index contributed by atoms with van der Waals surface area (Å²) < 4.78 is 1.51. The maximum Gasteiger partial charge on any atom is 0.174 e. The molecule has 0 N–H and O–H groups in total. The minimum Gasteiger partial charge on any atom is -0.293 e.